The molecule has 7 heteroatoms. The van der Waals surface area contributed by atoms with Gasteiger partial charge in [0, 0.05) is 24.5 Å². The summed E-state index contributed by atoms with van der Waals surface area (Å²) in [6, 6.07) is 8.25. The highest BCUT2D eigenvalue weighted by atomic mass is 35.5. The van der Waals surface area contributed by atoms with Gasteiger partial charge in [0.1, 0.15) is 5.54 Å². The first-order chi connectivity index (χ1) is 15.5. The average Bonchev–Trinajstić information content (AvgIpc) is 3.05. The lowest BCUT2D eigenvalue weighted by Gasteiger charge is -2.34. The fourth-order valence-electron chi connectivity index (χ4n) is 4.96. The van der Waals surface area contributed by atoms with E-state index in [1.807, 2.05) is 20.8 Å². The Balaban J connectivity index is 0.00000408. The van der Waals surface area contributed by atoms with Crippen LogP contribution in [0.15, 0.2) is 24.3 Å². The van der Waals surface area contributed by atoms with E-state index in [2.05, 4.69) is 38.1 Å². The van der Waals surface area contributed by atoms with Gasteiger partial charge in [-0.05, 0) is 67.7 Å². The third-order valence-electron chi connectivity index (χ3n) is 7.21. The highest BCUT2D eigenvalue weighted by molar-refractivity contribution is 5.90. The van der Waals surface area contributed by atoms with E-state index in [0.717, 1.165) is 45.6 Å². The van der Waals surface area contributed by atoms with Crippen LogP contribution in [-0.2, 0) is 29.0 Å². The lowest BCUT2D eigenvalue weighted by atomic mass is 9.86. The molecule has 1 amide bonds. The number of benzene rings is 1. The molecule has 2 atom stereocenters. The molecule has 0 spiro atoms. The average molecular weight is 488 g/mol. The zero-order chi connectivity index (χ0) is 24.5. The Bertz CT molecular complexity index is 1050. The van der Waals surface area contributed by atoms with Crippen molar-refractivity contribution in [3.63, 3.8) is 0 Å². The smallest absolute Gasteiger partial charge is 0.329 e. The second-order valence-electron chi connectivity index (χ2n) is 10.0. The summed E-state index contributed by atoms with van der Waals surface area (Å²) in [5.41, 5.74) is 11.8. The standard InChI is InChI=1S/C27H37N3O3.ClH/c1-16(2)13-23-22(15-28)25(20-9-7-17(3)8-10-20)21(19(5)29-23)14-24(31)30-12-11-18(4)27(30,6)26(32)33;/h7-10,16,18H,11-15,28H2,1-6H3,(H,32,33);1H/t18?,27-;/m0./s1. The Kier molecular flexibility index (Phi) is 8.89. The number of carboxylic acid groups (broad SMARTS) is 1. The molecular formula is C27H38ClN3O3. The zero-order valence-electron chi connectivity index (χ0n) is 21.1. The molecule has 34 heavy (non-hydrogen) atoms. The van der Waals surface area contributed by atoms with Crippen molar-refractivity contribution in [2.75, 3.05) is 6.54 Å². The Labute approximate surface area is 209 Å². The van der Waals surface area contributed by atoms with E-state index in [9.17, 15) is 14.7 Å². The maximum absolute atomic E-state index is 13.5. The number of hydrogen-bond acceptors (Lipinski definition) is 4. The number of carbonyl (C=O) groups excluding carboxylic acids is 1. The Morgan fingerprint density at radius 3 is 2.35 bits per heavy atom. The summed E-state index contributed by atoms with van der Waals surface area (Å²) in [6.45, 7) is 12.6. The predicted molar refractivity (Wildman–Crippen MR) is 138 cm³/mol. The largest absolute Gasteiger partial charge is 0.479 e. The lowest BCUT2D eigenvalue weighted by molar-refractivity contribution is -0.157. The number of amides is 1. The second kappa shape index (κ2) is 10.9. The topological polar surface area (TPSA) is 96.5 Å². The Hall–Kier alpha value is -2.44. The first-order valence-corrected chi connectivity index (χ1v) is 11.8. The van der Waals surface area contributed by atoms with Crippen LogP contribution in [0.25, 0.3) is 11.1 Å². The summed E-state index contributed by atoms with van der Waals surface area (Å²) in [5, 5.41) is 9.92. The number of hydrogen-bond donors (Lipinski definition) is 2. The van der Waals surface area contributed by atoms with Crippen molar-refractivity contribution in [1.82, 2.24) is 9.88 Å². The van der Waals surface area contributed by atoms with Crippen LogP contribution < -0.4 is 5.73 Å². The molecule has 0 radical (unpaired) electrons. The SMILES string of the molecule is Cc1ccc(-c2c(CC(=O)N3CCC(C)[C@@]3(C)C(=O)O)c(C)nc(CC(C)C)c2CN)cc1.Cl. The normalized spacial score (nSPS) is 19.9. The van der Waals surface area contributed by atoms with Crippen LogP contribution in [0.1, 0.15) is 62.2 Å². The number of halogens is 1. The van der Waals surface area contributed by atoms with Crippen molar-refractivity contribution in [3.8, 4) is 11.1 Å². The molecule has 2 heterocycles. The summed E-state index contributed by atoms with van der Waals surface area (Å²) in [6.07, 6.45) is 1.59. The van der Waals surface area contributed by atoms with Crippen molar-refractivity contribution in [2.45, 2.75) is 72.9 Å². The van der Waals surface area contributed by atoms with Crippen LogP contribution in [0, 0.1) is 25.7 Å². The van der Waals surface area contributed by atoms with Crippen LogP contribution in [0.5, 0.6) is 0 Å². The van der Waals surface area contributed by atoms with Crippen molar-refractivity contribution in [2.24, 2.45) is 17.6 Å². The first kappa shape index (κ1) is 27.8. The van der Waals surface area contributed by atoms with E-state index in [1.54, 1.807) is 11.8 Å². The van der Waals surface area contributed by atoms with Gasteiger partial charge in [-0.15, -0.1) is 12.4 Å². The van der Waals surface area contributed by atoms with Gasteiger partial charge in [0.2, 0.25) is 5.91 Å². The molecule has 1 unspecified atom stereocenters. The monoisotopic (exact) mass is 487 g/mol. The Morgan fingerprint density at radius 1 is 1.21 bits per heavy atom. The van der Waals surface area contributed by atoms with E-state index < -0.39 is 11.5 Å². The summed E-state index contributed by atoms with van der Waals surface area (Å²) in [5.74, 6) is -0.822. The van der Waals surface area contributed by atoms with E-state index in [0.29, 0.717) is 25.4 Å². The molecule has 2 aromatic rings. The molecule has 0 aliphatic carbocycles. The third kappa shape index (κ3) is 5.13. The van der Waals surface area contributed by atoms with Gasteiger partial charge in [-0.3, -0.25) is 9.78 Å². The number of aryl methyl sites for hydroxylation is 2. The third-order valence-corrected chi connectivity index (χ3v) is 7.21. The number of aliphatic carboxylic acids is 1. The molecule has 6 nitrogen and oxygen atoms in total. The quantitative estimate of drug-likeness (QED) is 0.590. The van der Waals surface area contributed by atoms with Crippen molar-refractivity contribution < 1.29 is 14.7 Å². The number of likely N-dealkylation sites (tertiary alicyclic amines) is 1. The molecule has 1 fully saturated rings. The molecule has 1 aromatic heterocycles. The van der Waals surface area contributed by atoms with E-state index in [4.69, 9.17) is 10.7 Å². The van der Waals surface area contributed by atoms with Gasteiger partial charge in [0.15, 0.2) is 0 Å². The first-order valence-electron chi connectivity index (χ1n) is 11.8. The number of nitrogens with zero attached hydrogens (tertiary/aromatic N) is 2. The molecule has 0 bridgehead atoms. The molecule has 3 rings (SSSR count). The number of aromatic nitrogens is 1. The minimum atomic E-state index is -1.20. The minimum absolute atomic E-state index is 0. The van der Waals surface area contributed by atoms with Crippen LogP contribution in [0.4, 0.5) is 0 Å². The predicted octanol–water partition coefficient (Wildman–Crippen LogP) is 4.70. The maximum Gasteiger partial charge on any atom is 0.329 e. The maximum atomic E-state index is 13.5. The summed E-state index contributed by atoms with van der Waals surface area (Å²) < 4.78 is 0. The van der Waals surface area contributed by atoms with Crippen LogP contribution in [0.3, 0.4) is 0 Å². The van der Waals surface area contributed by atoms with Crippen molar-refractivity contribution in [3.05, 3.63) is 52.3 Å². The molecule has 1 aliphatic heterocycles. The molecule has 1 saturated heterocycles. The fraction of sp³-hybridized carbons (Fsp3) is 0.519. The van der Waals surface area contributed by atoms with E-state index in [-0.39, 0.29) is 30.7 Å². The summed E-state index contributed by atoms with van der Waals surface area (Å²) in [4.78, 5) is 32.1. The summed E-state index contributed by atoms with van der Waals surface area (Å²) >= 11 is 0. The number of carbonyl (C=O) groups is 2. The fourth-order valence-corrected chi connectivity index (χ4v) is 4.96. The Morgan fingerprint density at radius 2 is 1.82 bits per heavy atom. The molecule has 3 N–H and O–H groups in total. The van der Waals surface area contributed by atoms with Gasteiger partial charge in [0.25, 0.3) is 0 Å². The van der Waals surface area contributed by atoms with Crippen LogP contribution in [-0.4, -0.2) is 39.0 Å². The molecule has 0 saturated carbocycles. The number of rotatable bonds is 7. The van der Waals surface area contributed by atoms with Gasteiger partial charge < -0.3 is 15.7 Å². The summed E-state index contributed by atoms with van der Waals surface area (Å²) in [7, 11) is 0. The van der Waals surface area contributed by atoms with E-state index >= 15 is 0 Å². The van der Waals surface area contributed by atoms with E-state index in [1.165, 1.54) is 0 Å². The van der Waals surface area contributed by atoms with Crippen LogP contribution in [0.2, 0.25) is 0 Å². The number of carboxylic acids is 1. The highest BCUT2D eigenvalue weighted by Gasteiger charge is 2.50. The lowest BCUT2D eigenvalue weighted by Crippen LogP contribution is -2.54. The molecule has 1 aliphatic rings. The highest BCUT2D eigenvalue weighted by Crippen LogP contribution is 2.37. The van der Waals surface area contributed by atoms with Crippen molar-refractivity contribution >= 4 is 24.3 Å². The number of nitrogens with two attached hydrogens (primary N) is 1. The number of pyridine rings is 1. The molecule has 186 valence electrons. The minimum Gasteiger partial charge on any atom is -0.479 e. The van der Waals surface area contributed by atoms with Gasteiger partial charge >= 0.3 is 5.97 Å². The van der Waals surface area contributed by atoms with Gasteiger partial charge in [0.05, 0.1) is 6.42 Å². The van der Waals surface area contributed by atoms with Crippen molar-refractivity contribution in [1.29, 1.82) is 0 Å². The van der Waals surface area contributed by atoms with Gasteiger partial charge in [-0.2, -0.15) is 0 Å². The molecule has 1 aromatic carbocycles. The van der Waals surface area contributed by atoms with Gasteiger partial charge in [-0.25, -0.2) is 4.79 Å². The zero-order valence-corrected chi connectivity index (χ0v) is 22.0. The van der Waals surface area contributed by atoms with Gasteiger partial charge in [-0.1, -0.05) is 50.6 Å². The second-order valence-corrected chi connectivity index (χ2v) is 10.0. The molecular weight excluding hydrogens is 450 g/mol. The van der Waals surface area contributed by atoms with Crippen LogP contribution >= 0.6 is 12.4 Å².